The molecule has 0 saturated carbocycles. The van der Waals surface area contributed by atoms with Gasteiger partial charge in [-0.3, -0.25) is 9.78 Å². The van der Waals surface area contributed by atoms with Crippen molar-refractivity contribution in [1.82, 2.24) is 9.88 Å². The number of likely N-dealkylation sites (tertiary alicyclic amines) is 1. The van der Waals surface area contributed by atoms with Crippen LogP contribution in [0.25, 0.3) is 0 Å². The van der Waals surface area contributed by atoms with Gasteiger partial charge >= 0.3 is 0 Å². The quantitative estimate of drug-likeness (QED) is 0.851. The van der Waals surface area contributed by atoms with Crippen LogP contribution in [0.2, 0.25) is 0 Å². The molecule has 5 nitrogen and oxygen atoms in total. The minimum absolute atomic E-state index is 0.116. The maximum absolute atomic E-state index is 11.6. The molecule has 0 aromatic carbocycles. The summed E-state index contributed by atoms with van der Waals surface area (Å²) in [6.07, 6.45) is 6.57. The highest BCUT2D eigenvalue weighted by molar-refractivity contribution is 5.73. The fraction of sp³-hybridized carbons (Fsp3) is 0.625. The molecule has 0 unspecified atom stereocenters. The molecule has 2 atom stereocenters. The summed E-state index contributed by atoms with van der Waals surface area (Å²) in [5, 5.41) is 0. The Morgan fingerprint density at radius 2 is 2.33 bits per heavy atom. The van der Waals surface area contributed by atoms with Crippen molar-refractivity contribution in [2.75, 3.05) is 19.7 Å². The van der Waals surface area contributed by atoms with E-state index in [0.717, 1.165) is 31.4 Å². The molecule has 3 heterocycles. The Hall–Kier alpha value is -1.46. The summed E-state index contributed by atoms with van der Waals surface area (Å²) >= 11 is 0. The van der Waals surface area contributed by atoms with E-state index in [1.54, 1.807) is 19.3 Å². The number of aromatic nitrogens is 1. The Balaban J connectivity index is 1.54. The third-order valence-electron chi connectivity index (χ3n) is 4.39. The molecule has 2 aliphatic heterocycles. The molecule has 3 rings (SSSR count). The van der Waals surface area contributed by atoms with Gasteiger partial charge in [0.15, 0.2) is 0 Å². The molecule has 0 radical (unpaired) electrons. The summed E-state index contributed by atoms with van der Waals surface area (Å²) in [5.74, 6) is 0.138. The van der Waals surface area contributed by atoms with Crippen LogP contribution in [0.15, 0.2) is 24.5 Å². The van der Waals surface area contributed by atoms with Gasteiger partial charge in [-0.25, -0.2) is 0 Å². The van der Waals surface area contributed by atoms with Crippen LogP contribution in [-0.2, 0) is 20.9 Å². The molecule has 1 amide bonds. The van der Waals surface area contributed by atoms with E-state index in [0.29, 0.717) is 19.8 Å². The maximum Gasteiger partial charge on any atom is 0.219 e. The number of piperidine rings is 1. The second kappa shape index (κ2) is 6.12. The van der Waals surface area contributed by atoms with Crippen molar-refractivity contribution < 1.29 is 14.3 Å². The smallest absolute Gasteiger partial charge is 0.219 e. The van der Waals surface area contributed by atoms with Crippen LogP contribution in [0.3, 0.4) is 0 Å². The van der Waals surface area contributed by atoms with Gasteiger partial charge in [0.05, 0.1) is 24.9 Å². The first-order valence-corrected chi connectivity index (χ1v) is 7.57. The summed E-state index contributed by atoms with van der Waals surface area (Å²) in [6, 6.07) is 3.92. The van der Waals surface area contributed by atoms with Gasteiger partial charge in [0.25, 0.3) is 0 Å². The number of rotatable bonds is 3. The molecule has 1 aromatic heterocycles. The molecule has 1 aromatic rings. The summed E-state index contributed by atoms with van der Waals surface area (Å²) < 4.78 is 12.0. The number of ether oxygens (including phenoxy) is 2. The van der Waals surface area contributed by atoms with E-state index >= 15 is 0 Å². The van der Waals surface area contributed by atoms with E-state index in [9.17, 15) is 4.79 Å². The van der Waals surface area contributed by atoms with Crippen molar-refractivity contribution >= 4 is 5.91 Å². The minimum Gasteiger partial charge on any atom is -0.371 e. The van der Waals surface area contributed by atoms with Gasteiger partial charge in [-0.05, 0) is 30.5 Å². The number of carbonyl (C=O) groups is 1. The molecule has 2 saturated heterocycles. The van der Waals surface area contributed by atoms with Crippen molar-refractivity contribution in [3.63, 3.8) is 0 Å². The van der Waals surface area contributed by atoms with Crippen molar-refractivity contribution in [3.05, 3.63) is 30.1 Å². The second-order valence-corrected chi connectivity index (χ2v) is 6.03. The van der Waals surface area contributed by atoms with Crippen LogP contribution >= 0.6 is 0 Å². The molecule has 2 aliphatic rings. The molecule has 0 bridgehead atoms. The van der Waals surface area contributed by atoms with E-state index in [-0.39, 0.29) is 17.6 Å². The van der Waals surface area contributed by atoms with Crippen LogP contribution in [-0.4, -0.2) is 47.2 Å². The number of pyridine rings is 1. The number of carbonyl (C=O) groups excluding carboxylic acids is 1. The molecular weight excluding hydrogens is 268 g/mol. The van der Waals surface area contributed by atoms with Gasteiger partial charge in [0.1, 0.15) is 0 Å². The largest absolute Gasteiger partial charge is 0.371 e. The first kappa shape index (κ1) is 14.5. The number of nitrogens with zero attached hydrogens (tertiary/aromatic N) is 2. The monoisotopic (exact) mass is 290 g/mol. The Morgan fingerprint density at radius 1 is 1.52 bits per heavy atom. The summed E-state index contributed by atoms with van der Waals surface area (Å²) in [5.41, 5.74) is 0.937. The molecular formula is C16H22N2O3. The van der Waals surface area contributed by atoms with Crippen LogP contribution in [0.4, 0.5) is 0 Å². The molecule has 21 heavy (non-hydrogen) atoms. The third-order valence-corrected chi connectivity index (χ3v) is 4.39. The zero-order chi connectivity index (χ0) is 14.7. The van der Waals surface area contributed by atoms with Crippen LogP contribution in [0.1, 0.15) is 31.7 Å². The lowest BCUT2D eigenvalue weighted by molar-refractivity contribution is -0.136. The van der Waals surface area contributed by atoms with Gasteiger partial charge in [-0.2, -0.15) is 0 Å². The Labute approximate surface area is 125 Å². The summed E-state index contributed by atoms with van der Waals surface area (Å²) in [4.78, 5) is 17.5. The third kappa shape index (κ3) is 3.41. The Bertz CT molecular complexity index is 494. The zero-order valence-electron chi connectivity index (χ0n) is 12.5. The predicted octanol–water partition coefficient (Wildman–Crippen LogP) is 1.77. The van der Waals surface area contributed by atoms with Crippen molar-refractivity contribution in [3.8, 4) is 0 Å². The molecule has 0 N–H and O–H groups in total. The van der Waals surface area contributed by atoms with E-state index in [4.69, 9.17) is 9.47 Å². The van der Waals surface area contributed by atoms with Gasteiger partial charge < -0.3 is 14.4 Å². The fourth-order valence-electron chi connectivity index (χ4n) is 3.25. The molecule has 0 aliphatic carbocycles. The number of amides is 1. The van der Waals surface area contributed by atoms with Gasteiger partial charge in [-0.15, -0.1) is 0 Å². The number of hydrogen-bond donors (Lipinski definition) is 0. The molecule has 114 valence electrons. The Morgan fingerprint density at radius 3 is 3.10 bits per heavy atom. The molecule has 5 heteroatoms. The highest BCUT2D eigenvalue weighted by atomic mass is 16.6. The lowest BCUT2D eigenvalue weighted by atomic mass is 9.89. The second-order valence-electron chi connectivity index (χ2n) is 6.03. The van der Waals surface area contributed by atoms with E-state index < -0.39 is 0 Å². The van der Waals surface area contributed by atoms with Gasteiger partial charge in [0, 0.05) is 38.8 Å². The molecule has 2 fully saturated rings. The van der Waals surface area contributed by atoms with E-state index in [2.05, 4.69) is 4.98 Å². The van der Waals surface area contributed by atoms with Crippen molar-refractivity contribution in [1.29, 1.82) is 0 Å². The van der Waals surface area contributed by atoms with Crippen LogP contribution in [0, 0.1) is 0 Å². The van der Waals surface area contributed by atoms with Crippen molar-refractivity contribution in [2.24, 2.45) is 0 Å². The summed E-state index contributed by atoms with van der Waals surface area (Å²) in [6.45, 7) is 4.39. The lowest BCUT2D eigenvalue weighted by Crippen LogP contribution is -2.49. The Kier molecular flexibility index (Phi) is 4.22. The molecule has 1 spiro atoms. The minimum atomic E-state index is -0.188. The van der Waals surface area contributed by atoms with Gasteiger partial charge in [-0.1, -0.05) is 0 Å². The van der Waals surface area contributed by atoms with Gasteiger partial charge in [0.2, 0.25) is 5.91 Å². The van der Waals surface area contributed by atoms with E-state index in [1.807, 2.05) is 17.0 Å². The van der Waals surface area contributed by atoms with Crippen LogP contribution < -0.4 is 0 Å². The van der Waals surface area contributed by atoms with Crippen molar-refractivity contribution in [2.45, 2.75) is 44.5 Å². The topological polar surface area (TPSA) is 51.7 Å². The number of hydrogen-bond acceptors (Lipinski definition) is 4. The first-order valence-electron chi connectivity index (χ1n) is 7.57. The van der Waals surface area contributed by atoms with E-state index in [1.165, 1.54) is 0 Å². The lowest BCUT2D eigenvalue weighted by Gasteiger charge is -2.39. The normalized spacial score (nSPS) is 29.0. The predicted molar refractivity (Wildman–Crippen MR) is 77.6 cm³/mol. The zero-order valence-corrected chi connectivity index (χ0v) is 12.5. The first-order chi connectivity index (χ1) is 10.2. The highest BCUT2D eigenvalue weighted by Crippen LogP contribution is 2.36. The maximum atomic E-state index is 11.6. The van der Waals surface area contributed by atoms with Crippen LogP contribution in [0.5, 0.6) is 0 Å². The fourth-order valence-corrected chi connectivity index (χ4v) is 3.25. The highest BCUT2D eigenvalue weighted by Gasteiger charge is 2.44. The summed E-state index contributed by atoms with van der Waals surface area (Å²) in [7, 11) is 0. The SMILES string of the molecule is CC(=O)N1CCC[C@]2(C[C@@H](OCc3ccncc3)CO2)C1. The average molecular weight is 290 g/mol. The standard InChI is InChI=1S/C16H22N2O3/c1-13(19)18-8-2-5-16(12-18)9-15(11-21-16)20-10-14-3-6-17-7-4-14/h3-4,6-7,15H,2,5,8-12H2,1H3/t15-,16+/m1/s1. The average Bonchev–Trinajstić information content (AvgIpc) is 2.89.